The summed E-state index contributed by atoms with van der Waals surface area (Å²) >= 11 is 0. The zero-order chi connectivity index (χ0) is 20.9. The molecule has 0 aliphatic heterocycles. The average Bonchev–Trinajstić information content (AvgIpc) is 2.69. The largest absolute Gasteiger partial charge is 0.405 e. The molecule has 8 heteroatoms. The Morgan fingerprint density at radius 1 is 1.17 bits per heavy atom. The van der Waals surface area contributed by atoms with Gasteiger partial charge in [-0.15, -0.1) is 10.2 Å². The number of urea groups is 1. The Bertz CT molecular complexity index is 946. The highest BCUT2D eigenvalue weighted by molar-refractivity contribution is 5.88. The minimum Gasteiger partial charge on any atom is -0.405 e. The zero-order valence-electron chi connectivity index (χ0n) is 15.9. The summed E-state index contributed by atoms with van der Waals surface area (Å²) in [6.45, 7) is 3.92. The predicted octanol–water partition coefficient (Wildman–Crippen LogP) is 3.85. The summed E-state index contributed by atoms with van der Waals surface area (Å²) in [7, 11) is 0. The molecule has 1 aromatic heterocycles. The van der Waals surface area contributed by atoms with Gasteiger partial charge in [-0.1, -0.05) is 18.7 Å². The van der Waals surface area contributed by atoms with Crippen molar-refractivity contribution in [1.29, 1.82) is 0 Å². The van der Waals surface area contributed by atoms with Crippen LogP contribution in [0.15, 0.2) is 72.7 Å². The fraction of sp³-hybridized carbons (Fsp3) is 0.190. The molecule has 0 bridgehead atoms. The number of allylic oxidation sites excluding steroid dienone is 2. The van der Waals surface area contributed by atoms with E-state index in [1.807, 2.05) is 18.2 Å². The molecule has 29 heavy (non-hydrogen) atoms. The van der Waals surface area contributed by atoms with Gasteiger partial charge < -0.3 is 22.1 Å². The summed E-state index contributed by atoms with van der Waals surface area (Å²) in [5.41, 5.74) is 12.3. The van der Waals surface area contributed by atoms with Crippen LogP contribution in [0.25, 0.3) is 11.3 Å². The van der Waals surface area contributed by atoms with Crippen molar-refractivity contribution in [3.63, 3.8) is 0 Å². The summed E-state index contributed by atoms with van der Waals surface area (Å²) in [6, 6.07) is 10.1. The van der Waals surface area contributed by atoms with Crippen LogP contribution in [0.4, 0.5) is 20.7 Å². The SMILES string of the molecule is C=C(/C(F)=C\C=C/N)C1(Nc2ccc(-c3ccc(NC(N)=O)cc3)nn2)CCC1. The molecule has 1 fully saturated rings. The third kappa shape index (κ3) is 4.60. The van der Waals surface area contributed by atoms with Crippen LogP contribution in [0.2, 0.25) is 0 Å². The highest BCUT2D eigenvalue weighted by Gasteiger charge is 2.41. The quantitative estimate of drug-likeness (QED) is 0.532. The molecule has 0 radical (unpaired) electrons. The maximum absolute atomic E-state index is 14.3. The van der Waals surface area contributed by atoms with Gasteiger partial charge in [-0.25, -0.2) is 9.18 Å². The lowest BCUT2D eigenvalue weighted by Gasteiger charge is -2.44. The molecule has 1 saturated carbocycles. The summed E-state index contributed by atoms with van der Waals surface area (Å²) in [5.74, 6) is 0.136. The molecule has 0 saturated heterocycles. The number of anilines is 2. The van der Waals surface area contributed by atoms with Crippen LogP contribution in [-0.4, -0.2) is 21.8 Å². The number of amides is 2. The molecule has 0 spiro atoms. The number of aromatic nitrogens is 2. The van der Waals surface area contributed by atoms with Gasteiger partial charge in [0.2, 0.25) is 0 Å². The minimum atomic E-state index is -0.621. The fourth-order valence-corrected chi connectivity index (χ4v) is 3.17. The van der Waals surface area contributed by atoms with Crippen LogP contribution in [-0.2, 0) is 0 Å². The van der Waals surface area contributed by atoms with Gasteiger partial charge in [0.25, 0.3) is 0 Å². The number of nitrogens with zero attached hydrogens (tertiary/aromatic N) is 2. The van der Waals surface area contributed by atoms with Gasteiger partial charge in [-0.3, -0.25) is 0 Å². The number of primary amides is 1. The molecular formula is C21H23FN6O. The van der Waals surface area contributed by atoms with Crippen LogP contribution < -0.4 is 22.1 Å². The number of rotatable bonds is 7. The van der Waals surface area contributed by atoms with Crippen molar-refractivity contribution >= 4 is 17.5 Å². The number of benzene rings is 1. The highest BCUT2D eigenvalue weighted by Crippen LogP contribution is 2.43. The third-order valence-corrected chi connectivity index (χ3v) is 4.91. The molecule has 7 nitrogen and oxygen atoms in total. The lowest BCUT2D eigenvalue weighted by atomic mass is 9.71. The topological polar surface area (TPSA) is 119 Å². The van der Waals surface area contributed by atoms with Gasteiger partial charge in [0.1, 0.15) is 11.6 Å². The van der Waals surface area contributed by atoms with Crippen molar-refractivity contribution in [3.8, 4) is 11.3 Å². The molecule has 1 aromatic carbocycles. The van der Waals surface area contributed by atoms with E-state index in [9.17, 15) is 9.18 Å². The van der Waals surface area contributed by atoms with Gasteiger partial charge in [0.05, 0.1) is 11.2 Å². The average molecular weight is 394 g/mol. The predicted molar refractivity (Wildman–Crippen MR) is 113 cm³/mol. The number of nitrogens with one attached hydrogen (secondary N) is 2. The second-order valence-corrected chi connectivity index (χ2v) is 6.81. The fourth-order valence-electron chi connectivity index (χ4n) is 3.17. The van der Waals surface area contributed by atoms with E-state index in [1.165, 1.54) is 18.4 Å². The van der Waals surface area contributed by atoms with Crippen molar-refractivity contribution < 1.29 is 9.18 Å². The van der Waals surface area contributed by atoms with E-state index in [2.05, 4.69) is 27.4 Å². The molecule has 2 aromatic rings. The number of halogens is 1. The number of hydrogen-bond donors (Lipinski definition) is 4. The maximum atomic E-state index is 14.3. The van der Waals surface area contributed by atoms with E-state index in [-0.39, 0.29) is 0 Å². The molecule has 1 aliphatic carbocycles. The molecule has 0 atom stereocenters. The van der Waals surface area contributed by atoms with Gasteiger partial charge in [-0.2, -0.15) is 0 Å². The molecule has 6 N–H and O–H groups in total. The van der Waals surface area contributed by atoms with E-state index in [1.54, 1.807) is 18.2 Å². The second kappa shape index (κ2) is 8.55. The third-order valence-electron chi connectivity index (χ3n) is 4.91. The standard InChI is InChI=1S/C21H23FN6O/c1-14(17(22)4-2-13-23)21(11-3-12-21)26-19-10-9-18(27-28-19)15-5-7-16(8-6-15)25-20(24)29/h2,4-10,13H,1,3,11-12,23H2,(H,26,28)(H3,24,25,29)/b13-2-,17-4+. The minimum absolute atomic E-state index is 0.380. The Labute approximate surface area is 168 Å². The number of hydrogen-bond acceptors (Lipinski definition) is 5. The van der Waals surface area contributed by atoms with E-state index >= 15 is 0 Å². The van der Waals surface area contributed by atoms with Crippen molar-refractivity contribution in [2.75, 3.05) is 10.6 Å². The van der Waals surface area contributed by atoms with Crippen LogP contribution >= 0.6 is 0 Å². The van der Waals surface area contributed by atoms with Crippen molar-refractivity contribution in [3.05, 3.63) is 72.7 Å². The van der Waals surface area contributed by atoms with E-state index in [0.717, 1.165) is 24.8 Å². The normalized spacial score (nSPS) is 15.6. The van der Waals surface area contributed by atoms with E-state index in [0.29, 0.717) is 22.8 Å². The lowest BCUT2D eigenvalue weighted by Crippen LogP contribution is -2.47. The van der Waals surface area contributed by atoms with Gasteiger partial charge in [0, 0.05) is 16.8 Å². The molecule has 150 valence electrons. The first-order valence-corrected chi connectivity index (χ1v) is 9.16. The molecule has 1 aliphatic rings. The van der Waals surface area contributed by atoms with Crippen molar-refractivity contribution in [1.82, 2.24) is 10.2 Å². The first-order chi connectivity index (χ1) is 13.9. The summed E-state index contributed by atoms with van der Waals surface area (Å²) in [4.78, 5) is 10.9. The Hall–Kier alpha value is -3.68. The van der Waals surface area contributed by atoms with Crippen LogP contribution in [0, 0.1) is 0 Å². The van der Waals surface area contributed by atoms with Gasteiger partial charge >= 0.3 is 6.03 Å². The van der Waals surface area contributed by atoms with Crippen LogP contribution in [0.3, 0.4) is 0 Å². The molecule has 0 unspecified atom stereocenters. The van der Waals surface area contributed by atoms with E-state index in [4.69, 9.17) is 11.5 Å². The molecule has 3 rings (SSSR count). The number of carbonyl (C=O) groups excluding carboxylic acids is 1. The monoisotopic (exact) mass is 394 g/mol. The first kappa shape index (κ1) is 20.1. The second-order valence-electron chi connectivity index (χ2n) is 6.81. The summed E-state index contributed by atoms with van der Waals surface area (Å²) in [6.07, 6.45) is 6.51. The van der Waals surface area contributed by atoms with Crippen LogP contribution in [0.1, 0.15) is 19.3 Å². The Morgan fingerprint density at radius 3 is 2.41 bits per heavy atom. The van der Waals surface area contributed by atoms with Crippen molar-refractivity contribution in [2.24, 2.45) is 11.5 Å². The summed E-state index contributed by atoms with van der Waals surface area (Å²) in [5, 5.41) is 14.3. The molecule has 1 heterocycles. The lowest BCUT2D eigenvalue weighted by molar-refractivity contribution is 0.259. The Kier molecular flexibility index (Phi) is 5.92. The maximum Gasteiger partial charge on any atom is 0.316 e. The first-order valence-electron chi connectivity index (χ1n) is 9.16. The van der Waals surface area contributed by atoms with E-state index < -0.39 is 17.4 Å². The number of carbonyl (C=O) groups is 1. The highest BCUT2D eigenvalue weighted by atomic mass is 19.1. The molecular weight excluding hydrogens is 371 g/mol. The van der Waals surface area contributed by atoms with Gasteiger partial charge in [-0.05, 0) is 61.9 Å². The smallest absolute Gasteiger partial charge is 0.316 e. The zero-order valence-corrected chi connectivity index (χ0v) is 15.9. The van der Waals surface area contributed by atoms with Crippen molar-refractivity contribution in [2.45, 2.75) is 24.8 Å². The Balaban J connectivity index is 1.73. The molecule has 2 amide bonds. The Morgan fingerprint density at radius 2 is 1.90 bits per heavy atom. The number of nitrogens with two attached hydrogens (primary N) is 2. The van der Waals surface area contributed by atoms with Gasteiger partial charge in [0.15, 0.2) is 0 Å². The van der Waals surface area contributed by atoms with Crippen LogP contribution in [0.5, 0.6) is 0 Å². The summed E-state index contributed by atoms with van der Waals surface area (Å²) < 4.78 is 14.3.